The number of nitrogens with one attached hydrogen (secondary N) is 1. The highest BCUT2D eigenvalue weighted by Gasteiger charge is 2.29. The first kappa shape index (κ1) is 20.9. The molecule has 0 saturated heterocycles. The number of sulfonamides is 1. The number of nitrogens with zero attached hydrogens (tertiary/aromatic N) is 1. The third-order valence-corrected chi connectivity index (χ3v) is 7.00. The van der Waals surface area contributed by atoms with Crippen LogP contribution in [0.4, 0.5) is 11.4 Å². The van der Waals surface area contributed by atoms with Crippen LogP contribution in [0.5, 0.6) is 5.75 Å². The van der Waals surface area contributed by atoms with Crippen LogP contribution >= 0.6 is 0 Å². The Balaban J connectivity index is 1.56. The number of rotatable bonds is 6. The molecule has 1 heterocycles. The smallest absolute Gasteiger partial charge is 0.264 e. The summed E-state index contributed by atoms with van der Waals surface area (Å²) in [5.41, 5.74) is 2.64. The van der Waals surface area contributed by atoms with Crippen molar-refractivity contribution < 1.29 is 17.9 Å². The lowest BCUT2D eigenvalue weighted by molar-refractivity contribution is 0.102. The Bertz CT molecular complexity index is 1180. The molecule has 1 amide bonds. The molecule has 160 valence electrons. The Hall–Kier alpha value is -3.32. The zero-order valence-electron chi connectivity index (χ0n) is 17.2. The molecule has 0 fully saturated rings. The molecule has 0 bridgehead atoms. The number of amides is 1. The van der Waals surface area contributed by atoms with Crippen molar-refractivity contribution in [3.05, 3.63) is 83.9 Å². The molecule has 0 saturated carbocycles. The standard InChI is InChI=1S/C24H24N2O4S/c1-2-30-21-13-11-20(12-14-21)25-24(27)19-10-15-23-18(17-19)7-6-16-26(23)31(28,29)22-8-4-3-5-9-22/h3-5,8-15,17H,2,6-7,16H2,1H3,(H,25,27). The molecule has 0 aliphatic carbocycles. The van der Waals surface area contributed by atoms with Crippen molar-refractivity contribution in [2.45, 2.75) is 24.7 Å². The van der Waals surface area contributed by atoms with Crippen molar-refractivity contribution in [1.29, 1.82) is 0 Å². The van der Waals surface area contributed by atoms with Gasteiger partial charge >= 0.3 is 0 Å². The van der Waals surface area contributed by atoms with Gasteiger partial charge in [0, 0.05) is 17.8 Å². The van der Waals surface area contributed by atoms with Gasteiger partial charge in [0.25, 0.3) is 15.9 Å². The maximum absolute atomic E-state index is 13.1. The van der Waals surface area contributed by atoms with Crippen molar-refractivity contribution in [3.63, 3.8) is 0 Å². The van der Waals surface area contributed by atoms with Crippen molar-refractivity contribution in [2.75, 3.05) is 22.8 Å². The van der Waals surface area contributed by atoms with Gasteiger partial charge in [0.2, 0.25) is 0 Å². The summed E-state index contributed by atoms with van der Waals surface area (Å²) < 4.78 is 33.1. The van der Waals surface area contributed by atoms with E-state index in [2.05, 4.69) is 5.32 Å². The molecule has 7 heteroatoms. The predicted molar refractivity (Wildman–Crippen MR) is 121 cm³/mol. The molecule has 3 aromatic carbocycles. The lowest BCUT2D eigenvalue weighted by Crippen LogP contribution is -2.35. The first-order valence-corrected chi connectivity index (χ1v) is 11.7. The summed E-state index contributed by atoms with van der Waals surface area (Å²) in [6.45, 7) is 2.91. The molecule has 3 aromatic rings. The fourth-order valence-electron chi connectivity index (χ4n) is 3.68. The summed E-state index contributed by atoms with van der Waals surface area (Å²) in [5, 5.41) is 2.88. The summed E-state index contributed by atoms with van der Waals surface area (Å²) in [6, 6.07) is 20.8. The van der Waals surface area contributed by atoms with E-state index in [1.165, 1.54) is 4.31 Å². The van der Waals surface area contributed by atoms with Crippen LogP contribution in [0, 0.1) is 0 Å². The van der Waals surface area contributed by atoms with Crippen LogP contribution in [0.2, 0.25) is 0 Å². The van der Waals surface area contributed by atoms with Crippen molar-refractivity contribution in [3.8, 4) is 5.75 Å². The Kier molecular flexibility index (Phi) is 5.95. The normalized spacial score (nSPS) is 13.4. The quantitative estimate of drug-likeness (QED) is 0.618. The highest BCUT2D eigenvalue weighted by Crippen LogP contribution is 2.33. The molecule has 0 aromatic heterocycles. The van der Waals surface area contributed by atoms with Gasteiger partial charge in [-0.3, -0.25) is 9.10 Å². The maximum Gasteiger partial charge on any atom is 0.264 e. The minimum absolute atomic E-state index is 0.241. The van der Waals surface area contributed by atoms with E-state index in [4.69, 9.17) is 4.74 Å². The average Bonchev–Trinajstić information content (AvgIpc) is 2.80. The molecular formula is C24H24N2O4S. The monoisotopic (exact) mass is 436 g/mol. The van der Waals surface area contributed by atoms with Crippen molar-refractivity contribution in [1.82, 2.24) is 0 Å². The zero-order chi connectivity index (χ0) is 21.8. The van der Waals surface area contributed by atoms with Crippen molar-refractivity contribution >= 4 is 27.3 Å². The first-order valence-electron chi connectivity index (χ1n) is 10.2. The lowest BCUT2D eigenvalue weighted by atomic mass is 10.0. The summed E-state index contributed by atoms with van der Waals surface area (Å²) in [5.74, 6) is 0.504. The SMILES string of the molecule is CCOc1ccc(NC(=O)c2ccc3c(c2)CCCN3S(=O)(=O)c2ccccc2)cc1. The lowest BCUT2D eigenvalue weighted by Gasteiger charge is -2.30. The Morgan fingerprint density at radius 1 is 1.03 bits per heavy atom. The summed E-state index contributed by atoms with van der Waals surface area (Å²) in [7, 11) is -3.65. The molecule has 31 heavy (non-hydrogen) atoms. The topological polar surface area (TPSA) is 75.7 Å². The highest BCUT2D eigenvalue weighted by atomic mass is 32.2. The summed E-state index contributed by atoms with van der Waals surface area (Å²) in [4.78, 5) is 13.0. The zero-order valence-corrected chi connectivity index (χ0v) is 18.1. The van der Waals surface area contributed by atoms with Crippen LogP contribution < -0.4 is 14.4 Å². The van der Waals surface area contributed by atoms with Crippen LogP contribution in [-0.4, -0.2) is 27.5 Å². The van der Waals surface area contributed by atoms with Crippen LogP contribution in [0.1, 0.15) is 29.3 Å². The molecule has 1 N–H and O–H groups in total. The van der Waals surface area contributed by atoms with Gasteiger partial charge in [0.15, 0.2) is 0 Å². The third kappa shape index (κ3) is 4.41. The summed E-state index contributed by atoms with van der Waals surface area (Å²) in [6.07, 6.45) is 1.42. The number of hydrogen-bond acceptors (Lipinski definition) is 4. The van der Waals surface area contributed by atoms with Gasteiger partial charge in [-0.05, 0) is 79.9 Å². The molecule has 4 rings (SSSR count). The number of benzene rings is 3. The van der Waals surface area contributed by atoms with E-state index in [1.54, 1.807) is 72.8 Å². The van der Waals surface area contributed by atoms with E-state index in [1.807, 2.05) is 6.92 Å². The molecule has 0 radical (unpaired) electrons. The molecular weight excluding hydrogens is 412 g/mol. The van der Waals surface area contributed by atoms with Crippen molar-refractivity contribution in [2.24, 2.45) is 0 Å². The average molecular weight is 437 g/mol. The Morgan fingerprint density at radius 2 is 1.77 bits per heavy atom. The molecule has 0 atom stereocenters. The second-order valence-electron chi connectivity index (χ2n) is 7.25. The second kappa shape index (κ2) is 8.81. The molecule has 1 aliphatic heterocycles. The number of carbonyl (C=O) groups excluding carboxylic acids is 1. The third-order valence-electron chi connectivity index (χ3n) is 5.17. The molecule has 6 nitrogen and oxygen atoms in total. The van der Waals surface area contributed by atoms with E-state index < -0.39 is 10.0 Å². The van der Waals surface area contributed by atoms with E-state index in [-0.39, 0.29) is 10.8 Å². The number of anilines is 2. The van der Waals surface area contributed by atoms with Crippen LogP contribution in [0.3, 0.4) is 0 Å². The number of fused-ring (bicyclic) bond motifs is 1. The van der Waals surface area contributed by atoms with E-state index in [9.17, 15) is 13.2 Å². The number of carbonyl (C=O) groups is 1. The second-order valence-corrected chi connectivity index (χ2v) is 9.11. The van der Waals surface area contributed by atoms with Gasteiger partial charge in [-0.2, -0.15) is 0 Å². The summed E-state index contributed by atoms with van der Waals surface area (Å²) >= 11 is 0. The fourth-order valence-corrected chi connectivity index (χ4v) is 5.24. The Morgan fingerprint density at radius 3 is 2.48 bits per heavy atom. The number of aryl methyl sites for hydroxylation is 1. The first-order chi connectivity index (χ1) is 15.0. The van der Waals surface area contributed by atoms with Crippen LogP contribution in [0.15, 0.2) is 77.7 Å². The molecule has 1 aliphatic rings. The van der Waals surface area contributed by atoms with Crippen LogP contribution in [-0.2, 0) is 16.4 Å². The van der Waals surface area contributed by atoms with Gasteiger partial charge in [-0.1, -0.05) is 18.2 Å². The van der Waals surface area contributed by atoms with Gasteiger partial charge in [0.1, 0.15) is 5.75 Å². The minimum atomic E-state index is -3.65. The number of ether oxygens (including phenoxy) is 1. The van der Waals surface area contributed by atoms with E-state index >= 15 is 0 Å². The molecule has 0 unspecified atom stereocenters. The Labute approximate surface area is 182 Å². The minimum Gasteiger partial charge on any atom is -0.494 e. The van der Waals surface area contributed by atoms with E-state index in [0.29, 0.717) is 36.5 Å². The maximum atomic E-state index is 13.1. The van der Waals surface area contributed by atoms with Gasteiger partial charge in [-0.15, -0.1) is 0 Å². The number of hydrogen-bond donors (Lipinski definition) is 1. The van der Waals surface area contributed by atoms with E-state index in [0.717, 1.165) is 17.7 Å². The van der Waals surface area contributed by atoms with Gasteiger partial charge in [-0.25, -0.2) is 8.42 Å². The van der Waals surface area contributed by atoms with Crippen LogP contribution in [0.25, 0.3) is 0 Å². The largest absolute Gasteiger partial charge is 0.494 e. The van der Waals surface area contributed by atoms with Gasteiger partial charge < -0.3 is 10.1 Å². The predicted octanol–water partition coefficient (Wildman–Crippen LogP) is 4.48. The van der Waals surface area contributed by atoms with Gasteiger partial charge in [0.05, 0.1) is 17.2 Å². The highest BCUT2D eigenvalue weighted by molar-refractivity contribution is 7.92. The molecule has 0 spiro atoms. The fraction of sp³-hybridized carbons (Fsp3) is 0.208.